The molecule has 0 aliphatic heterocycles. The van der Waals surface area contributed by atoms with Crippen LogP contribution < -0.4 is 10.6 Å². The number of pyridine rings is 1. The SMILES string of the molecule is CC(N)c1ccc(N(CCCO)C(C)C)cn1. The molecule has 0 radical (unpaired) electrons. The molecule has 96 valence electrons. The fourth-order valence-corrected chi connectivity index (χ4v) is 1.76. The Morgan fingerprint density at radius 2 is 2.06 bits per heavy atom. The molecular weight excluding hydrogens is 214 g/mol. The van der Waals surface area contributed by atoms with Gasteiger partial charge >= 0.3 is 0 Å². The van der Waals surface area contributed by atoms with Crippen LogP contribution in [0.2, 0.25) is 0 Å². The first-order valence-electron chi connectivity index (χ1n) is 6.15. The van der Waals surface area contributed by atoms with E-state index in [1.165, 1.54) is 0 Å². The highest BCUT2D eigenvalue weighted by Crippen LogP contribution is 2.18. The van der Waals surface area contributed by atoms with Crippen molar-refractivity contribution in [1.82, 2.24) is 4.98 Å². The van der Waals surface area contributed by atoms with Gasteiger partial charge in [0.15, 0.2) is 0 Å². The first-order chi connectivity index (χ1) is 8.06. The number of rotatable bonds is 6. The van der Waals surface area contributed by atoms with Crippen molar-refractivity contribution in [3.05, 3.63) is 24.0 Å². The van der Waals surface area contributed by atoms with E-state index in [-0.39, 0.29) is 12.6 Å². The van der Waals surface area contributed by atoms with Gasteiger partial charge in [-0.15, -0.1) is 0 Å². The van der Waals surface area contributed by atoms with Crippen molar-refractivity contribution < 1.29 is 5.11 Å². The first-order valence-corrected chi connectivity index (χ1v) is 6.15. The van der Waals surface area contributed by atoms with Crippen molar-refractivity contribution >= 4 is 5.69 Å². The maximum Gasteiger partial charge on any atom is 0.0569 e. The molecule has 1 atom stereocenters. The Kier molecular flexibility index (Phi) is 5.38. The third-order valence-electron chi connectivity index (χ3n) is 2.75. The van der Waals surface area contributed by atoms with Gasteiger partial charge in [-0.2, -0.15) is 0 Å². The van der Waals surface area contributed by atoms with Gasteiger partial charge in [0.2, 0.25) is 0 Å². The second-order valence-electron chi connectivity index (χ2n) is 4.59. The van der Waals surface area contributed by atoms with Crippen LogP contribution in [0.5, 0.6) is 0 Å². The molecule has 0 aliphatic carbocycles. The summed E-state index contributed by atoms with van der Waals surface area (Å²) < 4.78 is 0. The molecule has 0 saturated heterocycles. The van der Waals surface area contributed by atoms with Gasteiger partial charge in [0.25, 0.3) is 0 Å². The van der Waals surface area contributed by atoms with Gasteiger partial charge in [0.1, 0.15) is 0 Å². The Morgan fingerprint density at radius 3 is 2.47 bits per heavy atom. The molecule has 0 bridgehead atoms. The Balaban J connectivity index is 2.80. The van der Waals surface area contributed by atoms with E-state index < -0.39 is 0 Å². The predicted molar refractivity (Wildman–Crippen MR) is 71.0 cm³/mol. The number of aliphatic hydroxyl groups excluding tert-OH is 1. The van der Waals surface area contributed by atoms with E-state index >= 15 is 0 Å². The van der Waals surface area contributed by atoms with E-state index in [9.17, 15) is 0 Å². The summed E-state index contributed by atoms with van der Waals surface area (Å²) in [7, 11) is 0. The average molecular weight is 237 g/mol. The maximum absolute atomic E-state index is 8.90. The molecule has 0 aliphatic rings. The van der Waals surface area contributed by atoms with Crippen LogP contribution >= 0.6 is 0 Å². The number of nitrogens with zero attached hydrogens (tertiary/aromatic N) is 2. The molecule has 1 aromatic rings. The minimum absolute atomic E-state index is 0.0333. The molecule has 1 rings (SSSR count). The molecule has 0 aromatic carbocycles. The van der Waals surface area contributed by atoms with Gasteiger partial charge in [0.05, 0.1) is 17.6 Å². The summed E-state index contributed by atoms with van der Waals surface area (Å²) in [6.07, 6.45) is 2.63. The smallest absolute Gasteiger partial charge is 0.0569 e. The lowest BCUT2D eigenvalue weighted by Gasteiger charge is -2.28. The highest BCUT2D eigenvalue weighted by Gasteiger charge is 2.11. The fourth-order valence-electron chi connectivity index (χ4n) is 1.76. The minimum Gasteiger partial charge on any atom is -0.396 e. The zero-order chi connectivity index (χ0) is 12.8. The van der Waals surface area contributed by atoms with Crippen LogP contribution in [-0.4, -0.2) is 29.3 Å². The molecular formula is C13H23N3O. The molecule has 3 N–H and O–H groups in total. The number of nitrogens with two attached hydrogens (primary N) is 1. The van der Waals surface area contributed by atoms with E-state index in [4.69, 9.17) is 10.8 Å². The van der Waals surface area contributed by atoms with Crippen LogP contribution in [0.15, 0.2) is 18.3 Å². The minimum atomic E-state index is -0.0333. The molecule has 0 fully saturated rings. The molecule has 1 unspecified atom stereocenters. The van der Waals surface area contributed by atoms with Crippen molar-refractivity contribution in [2.24, 2.45) is 5.73 Å². The summed E-state index contributed by atoms with van der Waals surface area (Å²) in [5.74, 6) is 0. The Hall–Kier alpha value is -1.13. The van der Waals surface area contributed by atoms with Crippen molar-refractivity contribution in [2.75, 3.05) is 18.1 Å². The van der Waals surface area contributed by atoms with E-state index in [1.807, 2.05) is 25.3 Å². The highest BCUT2D eigenvalue weighted by atomic mass is 16.3. The van der Waals surface area contributed by atoms with E-state index in [1.54, 1.807) is 0 Å². The molecule has 0 amide bonds. The number of anilines is 1. The lowest BCUT2D eigenvalue weighted by atomic mass is 10.2. The summed E-state index contributed by atoms with van der Waals surface area (Å²) in [6, 6.07) is 4.37. The lowest BCUT2D eigenvalue weighted by molar-refractivity contribution is 0.288. The highest BCUT2D eigenvalue weighted by molar-refractivity contribution is 5.45. The van der Waals surface area contributed by atoms with Crippen LogP contribution in [0, 0.1) is 0 Å². The van der Waals surface area contributed by atoms with Crippen LogP contribution in [0.3, 0.4) is 0 Å². The molecule has 0 saturated carbocycles. The van der Waals surface area contributed by atoms with Crippen LogP contribution in [0.4, 0.5) is 5.69 Å². The number of aliphatic hydroxyl groups is 1. The van der Waals surface area contributed by atoms with Crippen molar-refractivity contribution in [2.45, 2.75) is 39.3 Å². The Morgan fingerprint density at radius 1 is 1.35 bits per heavy atom. The molecule has 1 aromatic heterocycles. The zero-order valence-electron chi connectivity index (χ0n) is 10.9. The fraction of sp³-hybridized carbons (Fsp3) is 0.615. The van der Waals surface area contributed by atoms with Gasteiger partial charge in [-0.3, -0.25) is 4.98 Å². The summed E-state index contributed by atoms with van der Waals surface area (Å²) in [5, 5.41) is 8.90. The third kappa shape index (κ3) is 3.98. The topological polar surface area (TPSA) is 62.4 Å². The summed E-state index contributed by atoms with van der Waals surface area (Å²) >= 11 is 0. The van der Waals surface area contributed by atoms with Gasteiger partial charge in [-0.05, 0) is 39.3 Å². The summed E-state index contributed by atoms with van der Waals surface area (Å²) in [4.78, 5) is 6.59. The van der Waals surface area contributed by atoms with E-state index in [0.717, 1.165) is 24.3 Å². The first kappa shape index (κ1) is 13.9. The van der Waals surface area contributed by atoms with E-state index in [0.29, 0.717) is 6.04 Å². The molecule has 4 nitrogen and oxygen atoms in total. The second kappa shape index (κ2) is 6.57. The number of aromatic nitrogens is 1. The van der Waals surface area contributed by atoms with Crippen molar-refractivity contribution in [3.8, 4) is 0 Å². The number of hydrogen-bond acceptors (Lipinski definition) is 4. The second-order valence-corrected chi connectivity index (χ2v) is 4.59. The van der Waals surface area contributed by atoms with Gasteiger partial charge in [-0.25, -0.2) is 0 Å². The van der Waals surface area contributed by atoms with E-state index in [2.05, 4.69) is 23.7 Å². The Bertz CT molecular complexity index is 322. The van der Waals surface area contributed by atoms with Crippen molar-refractivity contribution in [1.29, 1.82) is 0 Å². The molecule has 17 heavy (non-hydrogen) atoms. The maximum atomic E-state index is 8.90. The average Bonchev–Trinajstić information content (AvgIpc) is 2.29. The molecule has 0 spiro atoms. The van der Waals surface area contributed by atoms with Crippen LogP contribution in [0.1, 0.15) is 38.9 Å². The van der Waals surface area contributed by atoms with Gasteiger partial charge in [0, 0.05) is 25.2 Å². The normalized spacial score (nSPS) is 12.8. The molecule has 1 heterocycles. The Labute approximate surface area is 103 Å². The lowest BCUT2D eigenvalue weighted by Crippen LogP contribution is -2.32. The van der Waals surface area contributed by atoms with Crippen LogP contribution in [-0.2, 0) is 0 Å². The summed E-state index contributed by atoms with van der Waals surface area (Å²) in [5.41, 5.74) is 7.75. The molecule has 4 heteroatoms. The largest absolute Gasteiger partial charge is 0.396 e. The predicted octanol–water partition coefficient (Wildman–Crippen LogP) is 1.70. The zero-order valence-corrected chi connectivity index (χ0v) is 10.9. The van der Waals surface area contributed by atoms with Gasteiger partial charge < -0.3 is 15.7 Å². The van der Waals surface area contributed by atoms with Crippen LogP contribution in [0.25, 0.3) is 0 Å². The monoisotopic (exact) mass is 237 g/mol. The standard InChI is InChI=1S/C13H23N3O/c1-10(2)16(7-4-8-17)12-5-6-13(11(3)14)15-9-12/h5-6,9-11,17H,4,7-8,14H2,1-3H3. The van der Waals surface area contributed by atoms with Crippen molar-refractivity contribution in [3.63, 3.8) is 0 Å². The quantitative estimate of drug-likeness (QED) is 0.790. The van der Waals surface area contributed by atoms with Gasteiger partial charge in [-0.1, -0.05) is 0 Å². The third-order valence-corrected chi connectivity index (χ3v) is 2.75. The number of hydrogen-bond donors (Lipinski definition) is 2. The summed E-state index contributed by atoms with van der Waals surface area (Å²) in [6.45, 7) is 7.25.